The van der Waals surface area contributed by atoms with Gasteiger partial charge in [-0.05, 0) is 53.8 Å². The molecule has 1 heterocycles. The van der Waals surface area contributed by atoms with E-state index in [0.717, 1.165) is 22.7 Å². The van der Waals surface area contributed by atoms with Gasteiger partial charge in [0.2, 0.25) is 0 Å². The fourth-order valence-corrected chi connectivity index (χ4v) is 4.33. The van der Waals surface area contributed by atoms with Gasteiger partial charge in [0.05, 0.1) is 6.04 Å². The molecule has 0 saturated carbocycles. The summed E-state index contributed by atoms with van der Waals surface area (Å²) >= 11 is 18.6. The summed E-state index contributed by atoms with van der Waals surface area (Å²) < 4.78 is 0. The van der Waals surface area contributed by atoms with Crippen LogP contribution in [-0.4, -0.2) is 0 Å². The van der Waals surface area contributed by atoms with Crippen LogP contribution in [0, 0.1) is 5.92 Å². The van der Waals surface area contributed by atoms with Crippen LogP contribution < -0.4 is 5.32 Å². The van der Waals surface area contributed by atoms with Crippen molar-refractivity contribution in [2.75, 3.05) is 5.32 Å². The maximum atomic E-state index is 6.44. The minimum Gasteiger partial charge on any atom is -0.378 e. The zero-order valence-corrected chi connectivity index (χ0v) is 14.0. The molecule has 0 unspecified atom stereocenters. The van der Waals surface area contributed by atoms with Crippen molar-refractivity contribution in [1.82, 2.24) is 0 Å². The van der Waals surface area contributed by atoms with Crippen molar-refractivity contribution >= 4 is 40.5 Å². The van der Waals surface area contributed by atoms with Gasteiger partial charge >= 0.3 is 0 Å². The minimum absolute atomic E-state index is 0.179. The number of anilines is 1. The van der Waals surface area contributed by atoms with Crippen molar-refractivity contribution in [1.29, 1.82) is 0 Å². The molecule has 1 aliphatic carbocycles. The molecule has 1 nitrogen and oxygen atoms in total. The number of hydrogen-bond donors (Lipinski definition) is 1. The van der Waals surface area contributed by atoms with Crippen LogP contribution in [0.2, 0.25) is 15.1 Å². The number of fused-ring (bicyclic) bond motifs is 3. The third-order valence-corrected chi connectivity index (χ3v) is 5.42. The number of hydrogen-bond acceptors (Lipinski definition) is 1. The molecule has 0 bridgehead atoms. The van der Waals surface area contributed by atoms with Crippen molar-refractivity contribution in [3.05, 3.63) is 74.7 Å². The van der Waals surface area contributed by atoms with Gasteiger partial charge in [0.25, 0.3) is 0 Å². The van der Waals surface area contributed by atoms with E-state index < -0.39 is 0 Å². The van der Waals surface area contributed by atoms with Crippen LogP contribution in [0.25, 0.3) is 0 Å². The van der Waals surface area contributed by atoms with E-state index in [0.29, 0.717) is 21.9 Å². The Morgan fingerprint density at radius 2 is 1.68 bits per heavy atom. The normalized spacial score (nSPS) is 25.5. The summed E-state index contributed by atoms with van der Waals surface area (Å²) in [5.74, 6) is 0.830. The van der Waals surface area contributed by atoms with Crippen molar-refractivity contribution in [2.45, 2.75) is 18.4 Å². The van der Waals surface area contributed by atoms with E-state index in [1.165, 1.54) is 5.56 Å². The third kappa shape index (κ3) is 2.32. The second kappa shape index (κ2) is 5.49. The summed E-state index contributed by atoms with van der Waals surface area (Å²) in [6.45, 7) is 0. The first-order valence-electron chi connectivity index (χ1n) is 7.31. The van der Waals surface area contributed by atoms with Gasteiger partial charge in [0.1, 0.15) is 0 Å². The molecule has 4 heteroatoms. The zero-order valence-electron chi connectivity index (χ0n) is 11.7. The molecule has 22 heavy (non-hydrogen) atoms. The zero-order chi connectivity index (χ0) is 15.3. The molecule has 4 rings (SSSR count). The van der Waals surface area contributed by atoms with Crippen LogP contribution in [0.5, 0.6) is 0 Å². The Balaban J connectivity index is 1.81. The van der Waals surface area contributed by atoms with Crippen molar-refractivity contribution in [3.63, 3.8) is 0 Å². The van der Waals surface area contributed by atoms with Crippen molar-refractivity contribution < 1.29 is 0 Å². The molecule has 0 amide bonds. The molecule has 2 aliphatic rings. The first-order chi connectivity index (χ1) is 10.6. The molecule has 0 aromatic heterocycles. The predicted molar refractivity (Wildman–Crippen MR) is 94.3 cm³/mol. The van der Waals surface area contributed by atoms with E-state index in [-0.39, 0.29) is 6.04 Å². The number of halogens is 3. The number of rotatable bonds is 1. The van der Waals surface area contributed by atoms with Crippen molar-refractivity contribution in [3.8, 4) is 0 Å². The van der Waals surface area contributed by atoms with Gasteiger partial charge < -0.3 is 5.32 Å². The van der Waals surface area contributed by atoms with Gasteiger partial charge in [-0.2, -0.15) is 0 Å². The number of nitrogens with one attached hydrogen (secondary N) is 1. The Morgan fingerprint density at radius 1 is 0.909 bits per heavy atom. The molecule has 3 atom stereocenters. The SMILES string of the molecule is Clc1ccc([C@H]2Nc3ccc(Cl)cc3[C@H]3C=CC[C@H]32)c(Cl)c1. The fraction of sp³-hybridized carbons (Fsp3) is 0.222. The van der Waals surface area contributed by atoms with E-state index in [9.17, 15) is 0 Å². The van der Waals surface area contributed by atoms with Crippen molar-refractivity contribution in [2.24, 2.45) is 5.92 Å². The van der Waals surface area contributed by atoms with E-state index in [1.807, 2.05) is 24.3 Å². The summed E-state index contributed by atoms with van der Waals surface area (Å²) in [6, 6.07) is 12.0. The number of benzene rings is 2. The van der Waals surface area contributed by atoms with Crippen LogP contribution >= 0.6 is 34.8 Å². The lowest BCUT2D eigenvalue weighted by molar-refractivity contribution is 0.426. The highest BCUT2D eigenvalue weighted by molar-refractivity contribution is 6.35. The second-order valence-corrected chi connectivity index (χ2v) is 7.15. The summed E-state index contributed by atoms with van der Waals surface area (Å²) in [5.41, 5.74) is 3.51. The standard InChI is InChI=1S/C18H14Cl3N/c19-10-5-7-17-15(8-10)12-2-1-3-13(12)18(22-17)14-6-4-11(20)9-16(14)21/h1-2,4-9,12-13,18,22H,3H2/t12-,13+,18-/m0/s1. The first-order valence-corrected chi connectivity index (χ1v) is 8.44. The Labute approximate surface area is 144 Å². The van der Waals surface area contributed by atoms with Gasteiger partial charge in [0.15, 0.2) is 0 Å². The quantitative estimate of drug-likeness (QED) is 0.581. The van der Waals surface area contributed by atoms with Gasteiger partial charge in [-0.1, -0.05) is 53.0 Å². The highest BCUT2D eigenvalue weighted by Crippen LogP contribution is 2.51. The topological polar surface area (TPSA) is 12.0 Å². The van der Waals surface area contributed by atoms with Gasteiger partial charge in [-0.3, -0.25) is 0 Å². The molecule has 1 aliphatic heterocycles. The van der Waals surface area contributed by atoms with E-state index in [1.54, 1.807) is 0 Å². The largest absolute Gasteiger partial charge is 0.378 e. The maximum Gasteiger partial charge on any atom is 0.0568 e. The first kappa shape index (κ1) is 14.4. The summed E-state index contributed by atoms with van der Waals surface area (Å²) in [6.07, 6.45) is 5.58. The lowest BCUT2D eigenvalue weighted by atomic mass is 9.77. The van der Waals surface area contributed by atoms with Crippen LogP contribution in [0.4, 0.5) is 5.69 Å². The summed E-state index contributed by atoms with van der Waals surface area (Å²) in [7, 11) is 0. The Hall–Kier alpha value is -1.15. The molecule has 112 valence electrons. The Kier molecular flexibility index (Phi) is 3.60. The van der Waals surface area contributed by atoms with Crippen LogP contribution in [-0.2, 0) is 0 Å². The second-order valence-electron chi connectivity index (χ2n) is 5.87. The molecular formula is C18H14Cl3N. The average molecular weight is 351 g/mol. The smallest absolute Gasteiger partial charge is 0.0568 e. The molecular weight excluding hydrogens is 337 g/mol. The highest BCUT2D eigenvalue weighted by Gasteiger charge is 2.38. The maximum absolute atomic E-state index is 6.44. The van der Waals surface area contributed by atoms with E-state index >= 15 is 0 Å². The summed E-state index contributed by atoms with van der Waals surface area (Å²) in [4.78, 5) is 0. The molecule has 0 radical (unpaired) electrons. The monoisotopic (exact) mass is 349 g/mol. The van der Waals surface area contributed by atoms with Crippen LogP contribution in [0.3, 0.4) is 0 Å². The Bertz CT molecular complexity index is 769. The Morgan fingerprint density at radius 3 is 2.50 bits per heavy atom. The number of allylic oxidation sites excluding steroid dienone is 2. The van der Waals surface area contributed by atoms with Gasteiger partial charge in [-0.15, -0.1) is 0 Å². The lowest BCUT2D eigenvalue weighted by Crippen LogP contribution is -2.29. The average Bonchev–Trinajstić information content (AvgIpc) is 2.97. The highest BCUT2D eigenvalue weighted by atomic mass is 35.5. The molecule has 0 saturated heterocycles. The predicted octanol–water partition coefficient (Wildman–Crippen LogP) is 6.47. The minimum atomic E-state index is 0.179. The van der Waals surface area contributed by atoms with Crippen LogP contribution in [0.15, 0.2) is 48.6 Å². The molecule has 2 aromatic rings. The van der Waals surface area contributed by atoms with Gasteiger partial charge in [-0.25, -0.2) is 0 Å². The lowest BCUT2D eigenvalue weighted by Gasteiger charge is -2.38. The molecule has 0 fully saturated rings. The van der Waals surface area contributed by atoms with Crippen LogP contribution in [0.1, 0.15) is 29.5 Å². The van der Waals surface area contributed by atoms with E-state index in [4.69, 9.17) is 34.8 Å². The molecule has 2 aromatic carbocycles. The third-order valence-electron chi connectivity index (χ3n) is 4.62. The molecule has 0 spiro atoms. The molecule has 1 N–H and O–H groups in total. The van der Waals surface area contributed by atoms with Gasteiger partial charge in [0, 0.05) is 26.7 Å². The summed E-state index contributed by atoms with van der Waals surface area (Å²) in [5, 5.41) is 5.81. The fourth-order valence-electron chi connectivity index (χ4n) is 3.63. The van der Waals surface area contributed by atoms with E-state index in [2.05, 4.69) is 29.6 Å².